The first-order chi connectivity index (χ1) is 6.70. The topological polar surface area (TPSA) is 29.5 Å². The second-order valence-corrected chi connectivity index (χ2v) is 5.97. The van der Waals surface area contributed by atoms with Crippen molar-refractivity contribution in [3.63, 3.8) is 0 Å². The molecule has 0 radical (unpaired) electrons. The van der Waals surface area contributed by atoms with Gasteiger partial charge in [0.25, 0.3) is 0 Å². The maximum Gasteiger partial charge on any atom is 0.380 e. The number of likely N-dealkylation sites (tertiary alicyclic amines) is 1. The third-order valence-electron chi connectivity index (χ3n) is 2.52. The fraction of sp³-hybridized carbons (Fsp3) is 0.833. The number of halogens is 1. The van der Waals surface area contributed by atoms with E-state index in [4.69, 9.17) is 4.74 Å². The molecule has 0 N–H and O–H groups in total. The molecule has 0 aliphatic carbocycles. The minimum absolute atomic E-state index is 0. The number of nitrogens with zero attached hydrogens (tertiary/aromatic N) is 1. The van der Waals surface area contributed by atoms with Crippen LogP contribution in [0.15, 0.2) is 0 Å². The summed E-state index contributed by atoms with van der Waals surface area (Å²) < 4.78 is 5.30. The quantitative estimate of drug-likeness (QED) is 0.505. The third kappa shape index (κ3) is 7.26. The van der Waals surface area contributed by atoms with Gasteiger partial charge in [0.2, 0.25) is 0 Å². The van der Waals surface area contributed by atoms with E-state index in [9.17, 15) is 4.79 Å². The van der Waals surface area contributed by atoms with Gasteiger partial charge >= 0.3 is 6.09 Å². The number of carbonyl (C=O) groups excluding carboxylic acids is 1. The second-order valence-electron chi connectivity index (χ2n) is 5.97. The summed E-state index contributed by atoms with van der Waals surface area (Å²) in [6, 6.07) is 0. The van der Waals surface area contributed by atoms with Crippen molar-refractivity contribution >= 4 is 18.5 Å². The van der Waals surface area contributed by atoms with Gasteiger partial charge < -0.3 is 9.64 Å². The summed E-state index contributed by atoms with van der Waals surface area (Å²) in [5.41, 5.74) is -0.0869. The zero-order chi connectivity index (χ0) is 11.7. The molecule has 0 unspecified atom stereocenters. The summed E-state index contributed by atoms with van der Waals surface area (Å²) in [6.45, 7) is 12.8. The molecule has 1 heterocycles. The maximum absolute atomic E-state index is 11.7. The van der Waals surface area contributed by atoms with Gasteiger partial charge in [-0.1, -0.05) is 19.3 Å². The molecule has 1 amide bonds. The normalized spacial score (nSPS) is 18.8. The zero-order valence-corrected chi connectivity index (χ0v) is 15.4. The summed E-state index contributed by atoms with van der Waals surface area (Å²) >= 11 is 0. The molecule has 3 nitrogen and oxygen atoms in total. The van der Waals surface area contributed by atoms with Crippen molar-refractivity contribution in [3.05, 3.63) is 6.54 Å². The molecule has 0 aromatic heterocycles. The van der Waals surface area contributed by atoms with Gasteiger partial charge in [0.15, 0.2) is 0 Å². The molecule has 98 valence electrons. The summed E-state index contributed by atoms with van der Waals surface area (Å²) in [5, 5.41) is 0. The van der Waals surface area contributed by atoms with Gasteiger partial charge in [0, 0.05) is 19.5 Å². The fourth-order valence-corrected chi connectivity index (χ4v) is 1.46. The monoisotopic (exact) mass is 312 g/mol. The Morgan fingerprint density at radius 1 is 1.35 bits per heavy atom. The van der Waals surface area contributed by atoms with E-state index in [1.165, 1.54) is 0 Å². The van der Waals surface area contributed by atoms with Crippen molar-refractivity contribution in [2.45, 2.75) is 53.1 Å². The first kappa shape index (κ1) is 19.5. The first-order valence-corrected chi connectivity index (χ1v) is 5.53. The molecule has 0 aromatic carbocycles. The van der Waals surface area contributed by atoms with E-state index >= 15 is 0 Å². The van der Waals surface area contributed by atoms with E-state index in [1.807, 2.05) is 27.3 Å². The molecule has 1 aliphatic rings. The van der Waals surface area contributed by atoms with E-state index in [2.05, 4.69) is 13.8 Å². The Labute approximate surface area is 124 Å². The van der Waals surface area contributed by atoms with E-state index in [-0.39, 0.29) is 38.0 Å². The van der Waals surface area contributed by atoms with Gasteiger partial charge in [-0.15, -0.1) is 12.4 Å². The van der Waals surface area contributed by atoms with Crippen LogP contribution in [0.4, 0.5) is 4.79 Å². The Morgan fingerprint density at radius 2 is 1.88 bits per heavy atom. The van der Waals surface area contributed by atoms with Gasteiger partial charge in [-0.3, -0.25) is 0 Å². The largest absolute Gasteiger partial charge is 0.457 e. The molecule has 1 fully saturated rings. The second kappa shape index (κ2) is 6.94. The van der Waals surface area contributed by atoms with Crippen LogP contribution in [-0.2, 0) is 24.2 Å². The van der Waals surface area contributed by atoms with Crippen LogP contribution in [0, 0.1) is 12.0 Å². The van der Waals surface area contributed by atoms with E-state index in [0.29, 0.717) is 5.41 Å². The van der Waals surface area contributed by atoms with Gasteiger partial charge in [0.1, 0.15) is 5.60 Å². The van der Waals surface area contributed by atoms with Crippen molar-refractivity contribution < 1.29 is 29.0 Å². The molecular formula is C12H23ClNO2Zn-. The average Bonchev–Trinajstić information content (AvgIpc) is 2.00. The Morgan fingerprint density at radius 3 is 2.24 bits per heavy atom. The minimum atomic E-state index is -0.405. The minimum Gasteiger partial charge on any atom is -0.457 e. The third-order valence-corrected chi connectivity index (χ3v) is 2.52. The molecule has 17 heavy (non-hydrogen) atoms. The fourth-order valence-electron chi connectivity index (χ4n) is 1.46. The van der Waals surface area contributed by atoms with E-state index in [1.54, 1.807) is 4.90 Å². The predicted molar refractivity (Wildman–Crippen MR) is 67.5 cm³/mol. The molecule has 1 saturated heterocycles. The molecule has 0 atom stereocenters. The molecule has 1 rings (SSSR count). The van der Waals surface area contributed by atoms with Gasteiger partial charge in [-0.2, -0.15) is 6.42 Å². The summed E-state index contributed by atoms with van der Waals surface area (Å²) in [4.78, 5) is 13.4. The number of amides is 1. The number of piperidine rings is 1. The molecule has 1 aliphatic heterocycles. The standard InChI is InChI=1S/C12H22NO2.ClH.Zn/c1-11(2,3)15-10(14)13-8-6-12(4,5)7-9-13;;/h8H,6-7,9H2,1-5H3;1H;/q-1;;. The van der Waals surface area contributed by atoms with Gasteiger partial charge in [-0.05, 0) is 33.7 Å². The smallest absolute Gasteiger partial charge is 0.380 e. The zero-order valence-electron chi connectivity index (χ0n) is 11.6. The van der Waals surface area contributed by atoms with E-state index in [0.717, 1.165) is 19.4 Å². The van der Waals surface area contributed by atoms with Crippen molar-refractivity contribution in [2.24, 2.45) is 5.41 Å². The average molecular weight is 314 g/mol. The van der Waals surface area contributed by atoms with Gasteiger partial charge in [-0.25, -0.2) is 11.3 Å². The van der Waals surface area contributed by atoms with Crippen molar-refractivity contribution in [1.82, 2.24) is 4.90 Å². The number of hydrogen-bond acceptors (Lipinski definition) is 2. The SMILES string of the molecule is CC1(C)C[CH-]N(C(=O)OC(C)(C)C)CC1.Cl.[Zn]. The Bertz CT molecular complexity index is 241. The van der Waals surface area contributed by atoms with E-state index < -0.39 is 5.60 Å². The Kier molecular flexibility index (Phi) is 7.97. The molecule has 0 saturated carbocycles. The number of carbonyl (C=O) groups is 1. The van der Waals surface area contributed by atoms with Crippen molar-refractivity contribution in [3.8, 4) is 0 Å². The van der Waals surface area contributed by atoms with Crippen LogP contribution in [0.25, 0.3) is 0 Å². The van der Waals surface area contributed by atoms with Crippen LogP contribution < -0.4 is 0 Å². The molecule has 0 aromatic rings. The molecule has 5 heteroatoms. The van der Waals surface area contributed by atoms with Crippen LogP contribution in [-0.4, -0.2) is 23.1 Å². The Hall–Kier alpha value is 0.183. The van der Waals surface area contributed by atoms with Gasteiger partial charge in [0.05, 0.1) is 0 Å². The molecule has 0 bridgehead atoms. The van der Waals surface area contributed by atoms with Crippen LogP contribution in [0.1, 0.15) is 47.5 Å². The predicted octanol–water partition coefficient (Wildman–Crippen LogP) is 3.62. The van der Waals surface area contributed by atoms with Crippen LogP contribution in [0.2, 0.25) is 0 Å². The summed E-state index contributed by atoms with van der Waals surface area (Å²) in [7, 11) is 0. The first-order valence-electron chi connectivity index (χ1n) is 5.53. The van der Waals surface area contributed by atoms with Crippen LogP contribution in [0.5, 0.6) is 0 Å². The van der Waals surface area contributed by atoms with Crippen molar-refractivity contribution in [2.75, 3.05) is 6.54 Å². The molecule has 0 spiro atoms. The molecular weight excluding hydrogens is 291 g/mol. The summed E-state index contributed by atoms with van der Waals surface area (Å²) in [5.74, 6) is 0. The number of hydrogen-bond donors (Lipinski definition) is 0. The number of rotatable bonds is 0. The van der Waals surface area contributed by atoms with Crippen molar-refractivity contribution in [1.29, 1.82) is 0 Å². The maximum atomic E-state index is 11.7. The number of ether oxygens (including phenoxy) is 1. The van der Waals surface area contributed by atoms with Crippen LogP contribution in [0.3, 0.4) is 0 Å². The van der Waals surface area contributed by atoms with Crippen LogP contribution >= 0.6 is 12.4 Å². The Balaban J connectivity index is 0. The summed E-state index contributed by atoms with van der Waals surface area (Å²) in [6.07, 6.45) is 1.74.